The van der Waals surface area contributed by atoms with Crippen LogP contribution in [0.15, 0.2) is 30.3 Å². The summed E-state index contributed by atoms with van der Waals surface area (Å²) in [5, 5.41) is 1.10. The summed E-state index contributed by atoms with van der Waals surface area (Å²) in [7, 11) is 2.14. The standard InChI is InChI=1S/C17H24N4/c1-3-21-10-4-5-15(21)12-20(2)17-9-6-13-11-14(18)7-8-16(13)19-17/h6-9,11,15H,3-5,10,12,18H2,1-2H3. The quantitative estimate of drug-likeness (QED) is 0.877. The van der Waals surface area contributed by atoms with Gasteiger partial charge in [-0.3, -0.25) is 4.90 Å². The van der Waals surface area contributed by atoms with Gasteiger partial charge in [0.15, 0.2) is 0 Å². The molecule has 0 aliphatic carbocycles. The number of pyridine rings is 1. The largest absolute Gasteiger partial charge is 0.399 e. The fourth-order valence-electron chi connectivity index (χ4n) is 3.27. The van der Waals surface area contributed by atoms with Crippen LogP contribution in [0.4, 0.5) is 11.5 Å². The normalized spacial score (nSPS) is 19.2. The zero-order chi connectivity index (χ0) is 14.8. The van der Waals surface area contributed by atoms with Gasteiger partial charge >= 0.3 is 0 Å². The Hall–Kier alpha value is -1.81. The number of fused-ring (bicyclic) bond motifs is 1. The molecule has 2 N–H and O–H groups in total. The lowest BCUT2D eigenvalue weighted by Crippen LogP contribution is -2.39. The van der Waals surface area contributed by atoms with Gasteiger partial charge in [0.1, 0.15) is 5.82 Å². The van der Waals surface area contributed by atoms with Crippen molar-refractivity contribution < 1.29 is 0 Å². The summed E-state index contributed by atoms with van der Waals surface area (Å²) in [5.74, 6) is 1.04. The molecule has 0 spiro atoms. The summed E-state index contributed by atoms with van der Waals surface area (Å²) < 4.78 is 0. The first-order valence-corrected chi connectivity index (χ1v) is 7.79. The van der Waals surface area contributed by atoms with Crippen LogP contribution in [0, 0.1) is 0 Å². The van der Waals surface area contributed by atoms with E-state index in [0.717, 1.165) is 35.5 Å². The molecule has 1 unspecified atom stereocenters. The minimum absolute atomic E-state index is 0.656. The molecular weight excluding hydrogens is 260 g/mol. The molecule has 1 aromatic carbocycles. The van der Waals surface area contributed by atoms with Gasteiger partial charge in [0.05, 0.1) is 5.52 Å². The van der Waals surface area contributed by atoms with Crippen LogP contribution in [-0.4, -0.2) is 42.6 Å². The van der Waals surface area contributed by atoms with E-state index in [-0.39, 0.29) is 0 Å². The summed E-state index contributed by atoms with van der Waals surface area (Å²) in [4.78, 5) is 9.60. The zero-order valence-electron chi connectivity index (χ0n) is 12.9. The van der Waals surface area contributed by atoms with Crippen LogP contribution in [0.25, 0.3) is 10.9 Å². The van der Waals surface area contributed by atoms with E-state index < -0.39 is 0 Å². The molecule has 4 nitrogen and oxygen atoms in total. The molecule has 112 valence electrons. The highest BCUT2D eigenvalue weighted by atomic mass is 15.2. The van der Waals surface area contributed by atoms with Crippen molar-refractivity contribution in [3.63, 3.8) is 0 Å². The predicted octanol–water partition coefficient (Wildman–Crippen LogP) is 2.74. The maximum atomic E-state index is 5.82. The maximum absolute atomic E-state index is 5.82. The first-order chi connectivity index (χ1) is 10.2. The molecule has 21 heavy (non-hydrogen) atoms. The molecule has 0 saturated carbocycles. The average Bonchev–Trinajstić information content (AvgIpc) is 2.93. The summed E-state index contributed by atoms with van der Waals surface area (Å²) >= 11 is 0. The highest BCUT2D eigenvalue weighted by molar-refractivity contribution is 5.83. The smallest absolute Gasteiger partial charge is 0.129 e. The van der Waals surface area contributed by atoms with Crippen LogP contribution in [-0.2, 0) is 0 Å². The third kappa shape index (κ3) is 2.95. The van der Waals surface area contributed by atoms with Gasteiger partial charge in [-0.1, -0.05) is 6.92 Å². The summed E-state index contributed by atoms with van der Waals surface area (Å²) in [6.45, 7) is 5.67. The van der Waals surface area contributed by atoms with E-state index in [1.54, 1.807) is 0 Å². The van der Waals surface area contributed by atoms with Crippen molar-refractivity contribution >= 4 is 22.4 Å². The van der Waals surface area contributed by atoms with Gasteiger partial charge in [-0.15, -0.1) is 0 Å². The number of aromatic nitrogens is 1. The number of hydrogen-bond acceptors (Lipinski definition) is 4. The van der Waals surface area contributed by atoms with Gasteiger partial charge < -0.3 is 10.6 Å². The Labute approximate surface area is 126 Å². The molecule has 3 rings (SSSR count). The van der Waals surface area contributed by atoms with Crippen LogP contribution in [0.3, 0.4) is 0 Å². The molecule has 0 amide bonds. The molecule has 4 heteroatoms. The number of likely N-dealkylation sites (tertiary alicyclic amines) is 1. The third-order valence-corrected chi connectivity index (χ3v) is 4.48. The number of anilines is 2. The molecular formula is C17H24N4. The summed E-state index contributed by atoms with van der Waals surface area (Å²) in [5.41, 5.74) is 7.61. The Bertz CT molecular complexity index is 625. The second kappa shape index (κ2) is 5.90. The molecule has 1 fully saturated rings. The topological polar surface area (TPSA) is 45.4 Å². The van der Waals surface area contributed by atoms with Crippen LogP contribution < -0.4 is 10.6 Å². The molecule has 2 heterocycles. The Balaban J connectivity index is 1.78. The number of hydrogen-bond donors (Lipinski definition) is 1. The molecule has 0 radical (unpaired) electrons. The monoisotopic (exact) mass is 284 g/mol. The fraction of sp³-hybridized carbons (Fsp3) is 0.471. The lowest BCUT2D eigenvalue weighted by molar-refractivity contribution is 0.270. The third-order valence-electron chi connectivity index (χ3n) is 4.48. The molecule has 1 atom stereocenters. The molecule has 0 bridgehead atoms. The number of nitrogens with two attached hydrogens (primary N) is 1. The molecule has 1 aromatic heterocycles. The van der Waals surface area contributed by atoms with E-state index in [1.165, 1.54) is 19.4 Å². The van der Waals surface area contributed by atoms with E-state index in [0.29, 0.717) is 6.04 Å². The van der Waals surface area contributed by atoms with Gasteiger partial charge in [0.2, 0.25) is 0 Å². The van der Waals surface area contributed by atoms with Crippen molar-refractivity contribution in [3.05, 3.63) is 30.3 Å². The predicted molar refractivity (Wildman–Crippen MR) is 89.7 cm³/mol. The van der Waals surface area contributed by atoms with E-state index >= 15 is 0 Å². The number of benzene rings is 1. The van der Waals surface area contributed by atoms with Gasteiger partial charge in [0, 0.05) is 30.7 Å². The van der Waals surface area contributed by atoms with Gasteiger partial charge in [-0.25, -0.2) is 4.98 Å². The number of nitrogens with zero attached hydrogens (tertiary/aromatic N) is 3. The molecule has 1 aliphatic heterocycles. The Kier molecular flexibility index (Phi) is 3.97. The Morgan fingerprint density at radius 1 is 1.33 bits per heavy atom. The van der Waals surface area contributed by atoms with Crippen molar-refractivity contribution in [3.8, 4) is 0 Å². The lowest BCUT2D eigenvalue weighted by Gasteiger charge is -2.28. The van der Waals surface area contributed by atoms with Crippen LogP contribution in [0.5, 0.6) is 0 Å². The van der Waals surface area contributed by atoms with Gasteiger partial charge in [-0.05, 0) is 56.3 Å². The maximum Gasteiger partial charge on any atom is 0.129 e. The van der Waals surface area contributed by atoms with Gasteiger partial charge in [-0.2, -0.15) is 0 Å². The van der Waals surface area contributed by atoms with Crippen molar-refractivity contribution in [1.82, 2.24) is 9.88 Å². The number of likely N-dealkylation sites (N-methyl/N-ethyl adjacent to an activating group) is 2. The van der Waals surface area contributed by atoms with E-state index in [9.17, 15) is 0 Å². The van der Waals surface area contributed by atoms with Crippen LogP contribution in [0.1, 0.15) is 19.8 Å². The van der Waals surface area contributed by atoms with E-state index in [4.69, 9.17) is 10.7 Å². The van der Waals surface area contributed by atoms with Crippen molar-refractivity contribution in [2.45, 2.75) is 25.8 Å². The lowest BCUT2D eigenvalue weighted by atomic mass is 10.2. The Morgan fingerprint density at radius 3 is 3.00 bits per heavy atom. The second-order valence-electron chi connectivity index (χ2n) is 5.93. The molecule has 1 aliphatic rings. The second-order valence-corrected chi connectivity index (χ2v) is 5.93. The SMILES string of the molecule is CCN1CCCC1CN(C)c1ccc2cc(N)ccc2n1. The Morgan fingerprint density at radius 2 is 2.19 bits per heavy atom. The zero-order valence-corrected chi connectivity index (χ0v) is 12.9. The highest BCUT2D eigenvalue weighted by Gasteiger charge is 2.24. The van der Waals surface area contributed by atoms with Crippen molar-refractivity contribution in [2.24, 2.45) is 0 Å². The molecule has 1 saturated heterocycles. The minimum atomic E-state index is 0.656. The summed E-state index contributed by atoms with van der Waals surface area (Å²) in [6, 6.07) is 10.7. The summed E-state index contributed by atoms with van der Waals surface area (Å²) in [6.07, 6.45) is 2.61. The molecule has 2 aromatic rings. The minimum Gasteiger partial charge on any atom is -0.399 e. The van der Waals surface area contributed by atoms with Crippen LogP contribution >= 0.6 is 0 Å². The average molecular weight is 284 g/mol. The number of rotatable bonds is 4. The van der Waals surface area contributed by atoms with E-state index in [2.05, 4.69) is 35.9 Å². The number of nitrogen functional groups attached to an aromatic ring is 1. The fourth-order valence-corrected chi connectivity index (χ4v) is 3.27. The van der Waals surface area contributed by atoms with Gasteiger partial charge in [0.25, 0.3) is 0 Å². The first-order valence-electron chi connectivity index (χ1n) is 7.79. The van der Waals surface area contributed by atoms with Crippen LogP contribution in [0.2, 0.25) is 0 Å². The van der Waals surface area contributed by atoms with Crippen molar-refractivity contribution in [2.75, 3.05) is 37.3 Å². The van der Waals surface area contributed by atoms with Crippen molar-refractivity contribution in [1.29, 1.82) is 0 Å². The van der Waals surface area contributed by atoms with E-state index in [1.807, 2.05) is 18.2 Å². The highest BCUT2D eigenvalue weighted by Crippen LogP contribution is 2.22. The first kappa shape index (κ1) is 14.1.